The van der Waals surface area contributed by atoms with Crippen LogP contribution in [-0.2, 0) is 13.6 Å². The minimum Gasteiger partial charge on any atom is -1.00 e. The van der Waals surface area contributed by atoms with E-state index in [1.165, 1.54) is 0 Å². The molecule has 0 atom stereocenters. The molecule has 2 aromatic rings. The quantitative estimate of drug-likeness (QED) is 0.537. The van der Waals surface area contributed by atoms with E-state index in [0.717, 1.165) is 5.56 Å². The Balaban J connectivity index is 0.00000180. The fourth-order valence-corrected chi connectivity index (χ4v) is 1.79. The van der Waals surface area contributed by atoms with Crippen LogP contribution in [0.25, 0.3) is 0 Å². The van der Waals surface area contributed by atoms with E-state index >= 15 is 0 Å². The second-order valence-electron chi connectivity index (χ2n) is 4.03. The van der Waals surface area contributed by atoms with Gasteiger partial charge in [0.15, 0.2) is 12.4 Å². The first-order chi connectivity index (χ1) is 8.66. The van der Waals surface area contributed by atoms with Gasteiger partial charge in [0.25, 0.3) is 5.91 Å². The number of amides is 1. The number of aromatic nitrogens is 1. The number of pyridine rings is 1. The largest absolute Gasteiger partial charge is 1.00 e. The molecule has 0 bridgehead atoms. The molecule has 0 aliphatic carbocycles. The molecule has 0 saturated heterocycles. The van der Waals surface area contributed by atoms with Crippen molar-refractivity contribution in [3.8, 4) is 0 Å². The summed E-state index contributed by atoms with van der Waals surface area (Å²) < 4.78 is 1.94. The summed E-state index contributed by atoms with van der Waals surface area (Å²) in [7, 11) is 1.95. The molecule has 0 radical (unpaired) electrons. The third kappa shape index (κ3) is 4.47. The summed E-state index contributed by atoms with van der Waals surface area (Å²) in [5.41, 5.74) is 1.55. The van der Waals surface area contributed by atoms with Crippen molar-refractivity contribution in [3.05, 3.63) is 64.9 Å². The zero-order chi connectivity index (χ0) is 13.0. The van der Waals surface area contributed by atoms with Gasteiger partial charge in [-0.1, -0.05) is 23.7 Å². The van der Waals surface area contributed by atoms with Gasteiger partial charge in [-0.3, -0.25) is 4.79 Å². The minimum atomic E-state index is -0.158. The summed E-state index contributed by atoms with van der Waals surface area (Å²) in [6.07, 6.45) is 3.88. The molecule has 1 amide bonds. The van der Waals surface area contributed by atoms with E-state index in [9.17, 15) is 4.79 Å². The summed E-state index contributed by atoms with van der Waals surface area (Å²) in [4.78, 5) is 11.9. The second-order valence-corrected chi connectivity index (χ2v) is 4.44. The zero-order valence-electron chi connectivity index (χ0n) is 10.4. The summed E-state index contributed by atoms with van der Waals surface area (Å²) in [6.45, 7) is 0.491. The summed E-state index contributed by atoms with van der Waals surface area (Å²) in [5, 5.41) is 3.31. The molecule has 0 spiro atoms. The van der Waals surface area contributed by atoms with Crippen molar-refractivity contribution in [2.24, 2.45) is 7.05 Å². The van der Waals surface area contributed by atoms with Crippen molar-refractivity contribution < 1.29 is 33.3 Å². The van der Waals surface area contributed by atoms with Crippen molar-refractivity contribution in [1.82, 2.24) is 5.32 Å². The third-order valence-corrected chi connectivity index (χ3v) is 2.95. The number of hydrogen-bond donors (Lipinski definition) is 1. The van der Waals surface area contributed by atoms with Crippen LogP contribution < -0.4 is 33.9 Å². The highest BCUT2D eigenvalue weighted by Gasteiger charge is 2.08. The van der Waals surface area contributed by atoms with E-state index in [1.807, 2.05) is 36.1 Å². The van der Waals surface area contributed by atoms with Crippen molar-refractivity contribution in [1.29, 1.82) is 0 Å². The summed E-state index contributed by atoms with van der Waals surface area (Å²) >= 11 is 5.96. The highest BCUT2D eigenvalue weighted by Crippen LogP contribution is 2.14. The number of carbonyl (C=O) groups excluding carboxylic acids is 1. The molecular weight excluding hydrogens is 375 g/mol. The van der Waals surface area contributed by atoms with Gasteiger partial charge in [-0.15, -0.1) is 0 Å². The van der Waals surface area contributed by atoms with E-state index in [1.54, 1.807) is 24.3 Å². The van der Waals surface area contributed by atoms with Gasteiger partial charge >= 0.3 is 0 Å². The lowest BCUT2D eigenvalue weighted by molar-refractivity contribution is -0.671. The van der Waals surface area contributed by atoms with Crippen molar-refractivity contribution in [2.75, 3.05) is 0 Å². The van der Waals surface area contributed by atoms with Crippen molar-refractivity contribution >= 4 is 17.5 Å². The van der Waals surface area contributed by atoms with Gasteiger partial charge in [-0.25, -0.2) is 4.57 Å². The summed E-state index contributed by atoms with van der Waals surface area (Å²) in [5.74, 6) is -0.158. The van der Waals surface area contributed by atoms with Gasteiger partial charge in [0.2, 0.25) is 0 Å². The first-order valence-corrected chi connectivity index (χ1v) is 6.01. The Morgan fingerprint density at radius 1 is 1.21 bits per heavy atom. The zero-order valence-corrected chi connectivity index (χ0v) is 13.4. The van der Waals surface area contributed by atoms with Crippen molar-refractivity contribution in [3.63, 3.8) is 0 Å². The Kier molecular flexibility index (Phi) is 6.24. The molecule has 2 rings (SSSR count). The third-order valence-electron chi connectivity index (χ3n) is 2.62. The Hall–Kier alpha value is -1.14. The molecule has 1 aromatic heterocycles. The van der Waals surface area contributed by atoms with Gasteiger partial charge in [0, 0.05) is 18.7 Å². The molecule has 5 heteroatoms. The predicted octanol–water partition coefficient (Wildman–Crippen LogP) is -0.901. The smallest absolute Gasteiger partial charge is 0.253 e. The molecular formula is C14H14ClIN2O. The van der Waals surface area contributed by atoms with E-state index in [0.29, 0.717) is 17.1 Å². The maximum atomic E-state index is 11.9. The van der Waals surface area contributed by atoms with Crippen LogP contribution in [0.4, 0.5) is 0 Å². The lowest BCUT2D eigenvalue weighted by Gasteiger charge is -2.06. The van der Waals surface area contributed by atoms with Gasteiger partial charge < -0.3 is 29.3 Å². The summed E-state index contributed by atoms with van der Waals surface area (Å²) in [6, 6.07) is 10.9. The van der Waals surface area contributed by atoms with Crippen LogP contribution in [0.5, 0.6) is 0 Å². The molecule has 0 fully saturated rings. The average Bonchev–Trinajstić information content (AvgIpc) is 2.38. The number of benzene rings is 1. The molecule has 1 heterocycles. The van der Waals surface area contributed by atoms with Gasteiger partial charge in [0.1, 0.15) is 7.05 Å². The molecule has 3 nitrogen and oxygen atoms in total. The Bertz CT molecular complexity index is 558. The topological polar surface area (TPSA) is 33.0 Å². The SMILES string of the molecule is C[n+]1ccc(CNC(=O)c2ccccc2Cl)cc1.[I-]. The highest BCUT2D eigenvalue weighted by molar-refractivity contribution is 6.33. The predicted molar refractivity (Wildman–Crippen MR) is 70.2 cm³/mol. The first-order valence-electron chi connectivity index (χ1n) is 5.64. The van der Waals surface area contributed by atoms with Crippen LogP contribution in [0.15, 0.2) is 48.8 Å². The number of carbonyl (C=O) groups is 1. The maximum Gasteiger partial charge on any atom is 0.253 e. The fraction of sp³-hybridized carbons (Fsp3) is 0.143. The average molecular weight is 389 g/mol. The van der Waals surface area contributed by atoms with E-state index in [-0.39, 0.29) is 29.9 Å². The Labute approximate surface area is 134 Å². The van der Waals surface area contributed by atoms with E-state index in [2.05, 4.69) is 5.32 Å². The number of rotatable bonds is 3. The van der Waals surface area contributed by atoms with Crippen LogP contribution in [0, 0.1) is 0 Å². The molecule has 19 heavy (non-hydrogen) atoms. The number of hydrogen-bond acceptors (Lipinski definition) is 1. The van der Waals surface area contributed by atoms with Crippen LogP contribution in [0.1, 0.15) is 15.9 Å². The minimum absolute atomic E-state index is 0. The molecule has 100 valence electrons. The van der Waals surface area contributed by atoms with Crippen molar-refractivity contribution in [2.45, 2.75) is 6.54 Å². The molecule has 0 unspecified atom stereocenters. The van der Waals surface area contributed by atoms with Crippen LogP contribution in [0.3, 0.4) is 0 Å². The lowest BCUT2D eigenvalue weighted by Crippen LogP contribution is -3.00. The van der Waals surface area contributed by atoms with Gasteiger partial charge in [-0.05, 0) is 17.7 Å². The number of nitrogens with zero attached hydrogens (tertiary/aromatic N) is 1. The highest BCUT2D eigenvalue weighted by atomic mass is 127. The normalized spacial score (nSPS) is 9.58. The van der Waals surface area contributed by atoms with E-state index in [4.69, 9.17) is 11.6 Å². The molecule has 0 aliphatic rings. The van der Waals surface area contributed by atoms with Crippen LogP contribution in [0.2, 0.25) is 5.02 Å². The van der Waals surface area contributed by atoms with Gasteiger partial charge in [0.05, 0.1) is 10.6 Å². The second kappa shape index (κ2) is 7.45. The Morgan fingerprint density at radius 2 is 1.84 bits per heavy atom. The number of aryl methyl sites for hydroxylation is 1. The molecule has 1 N–H and O–H groups in total. The molecule has 0 aliphatic heterocycles. The Morgan fingerprint density at radius 3 is 2.47 bits per heavy atom. The monoisotopic (exact) mass is 388 g/mol. The standard InChI is InChI=1S/C14H13ClN2O.HI/c1-17-8-6-11(7-9-17)10-16-14(18)12-4-2-3-5-13(12)15;/h2-9H,10H2,1H3;1H. The lowest BCUT2D eigenvalue weighted by atomic mass is 10.2. The maximum absolute atomic E-state index is 11.9. The van der Waals surface area contributed by atoms with E-state index < -0.39 is 0 Å². The molecule has 1 aromatic carbocycles. The van der Waals surface area contributed by atoms with Crippen LogP contribution >= 0.6 is 11.6 Å². The number of halogens is 2. The van der Waals surface area contributed by atoms with Crippen LogP contribution in [-0.4, -0.2) is 5.91 Å². The fourth-order valence-electron chi connectivity index (χ4n) is 1.57. The number of nitrogens with one attached hydrogen (secondary N) is 1. The molecule has 0 saturated carbocycles. The van der Waals surface area contributed by atoms with Gasteiger partial charge in [-0.2, -0.15) is 0 Å². The first kappa shape index (κ1) is 15.9.